The van der Waals surface area contributed by atoms with Gasteiger partial charge in [-0.15, -0.1) is 0 Å². The van der Waals surface area contributed by atoms with Crippen molar-refractivity contribution in [2.45, 2.75) is 30.1 Å². The summed E-state index contributed by atoms with van der Waals surface area (Å²) in [6.07, 6.45) is 1.38. The van der Waals surface area contributed by atoms with Gasteiger partial charge in [0.1, 0.15) is 0 Å². The molecule has 0 aromatic heterocycles. The summed E-state index contributed by atoms with van der Waals surface area (Å²) in [5.74, 6) is 0.333. The number of sulfone groups is 1. The molecule has 3 nitrogen and oxygen atoms in total. The Bertz CT molecular complexity index is 248. The van der Waals surface area contributed by atoms with Crippen LogP contribution in [-0.2, 0) is 9.84 Å². The maximum Gasteiger partial charge on any atom is 0.156 e. The minimum atomic E-state index is -2.78. The molecule has 0 amide bonds. The van der Waals surface area contributed by atoms with Crippen molar-refractivity contribution in [3.8, 4) is 0 Å². The molecule has 2 rings (SSSR count). The molecule has 58 valence electrons. The number of aliphatic hydroxyl groups excluding tert-OH is 1. The van der Waals surface area contributed by atoms with Crippen molar-refractivity contribution < 1.29 is 13.5 Å². The molecule has 0 aromatic rings. The molecule has 10 heavy (non-hydrogen) atoms. The molecule has 1 aliphatic carbocycles. The standard InChI is InChI=1S/C6H10O3S/c7-5-3-6(4-5)1-2-10(6,8)9/h5,7H,1-4H2. The first-order valence-electron chi connectivity index (χ1n) is 3.46. The lowest BCUT2D eigenvalue weighted by atomic mass is 9.79. The fraction of sp³-hybridized carbons (Fsp3) is 1.00. The Morgan fingerprint density at radius 2 is 2.00 bits per heavy atom. The lowest BCUT2D eigenvalue weighted by molar-refractivity contribution is 0.0482. The summed E-state index contributed by atoms with van der Waals surface area (Å²) in [7, 11) is -2.78. The molecule has 1 heterocycles. The van der Waals surface area contributed by atoms with Crippen molar-refractivity contribution in [3.63, 3.8) is 0 Å². The van der Waals surface area contributed by atoms with Gasteiger partial charge in [0.05, 0.1) is 16.6 Å². The highest BCUT2D eigenvalue weighted by Gasteiger charge is 2.59. The van der Waals surface area contributed by atoms with Gasteiger partial charge in [0.15, 0.2) is 9.84 Å². The van der Waals surface area contributed by atoms with E-state index in [2.05, 4.69) is 0 Å². The number of rotatable bonds is 0. The van der Waals surface area contributed by atoms with Gasteiger partial charge in [0.2, 0.25) is 0 Å². The summed E-state index contributed by atoms with van der Waals surface area (Å²) < 4.78 is 21.6. The smallest absolute Gasteiger partial charge is 0.156 e. The lowest BCUT2D eigenvalue weighted by Crippen LogP contribution is -2.61. The first-order chi connectivity index (χ1) is 4.56. The molecule has 1 saturated heterocycles. The van der Waals surface area contributed by atoms with E-state index in [-0.39, 0.29) is 6.10 Å². The summed E-state index contributed by atoms with van der Waals surface area (Å²) in [4.78, 5) is 0. The van der Waals surface area contributed by atoms with E-state index >= 15 is 0 Å². The van der Waals surface area contributed by atoms with Crippen LogP contribution in [0.25, 0.3) is 0 Å². The molecule has 0 aromatic carbocycles. The maximum absolute atomic E-state index is 11.1. The van der Waals surface area contributed by atoms with E-state index < -0.39 is 14.6 Å². The van der Waals surface area contributed by atoms with Gasteiger partial charge < -0.3 is 5.11 Å². The summed E-state index contributed by atoms with van der Waals surface area (Å²) in [5, 5.41) is 8.92. The Morgan fingerprint density at radius 1 is 1.40 bits per heavy atom. The number of hydrogen-bond acceptors (Lipinski definition) is 3. The van der Waals surface area contributed by atoms with Crippen LogP contribution in [0.5, 0.6) is 0 Å². The molecule has 2 aliphatic rings. The predicted octanol–water partition coefficient (Wildman–Crippen LogP) is -0.302. The zero-order valence-electron chi connectivity index (χ0n) is 5.58. The Labute approximate surface area is 60.0 Å². The Kier molecular flexibility index (Phi) is 1.03. The first-order valence-corrected chi connectivity index (χ1v) is 5.11. The van der Waals surface area contributed by atoms with Gasteiger partial charge in [0, 0.05) is 0 Å². The normalized spacial score (nSPS) is 49.9. The van der Waals surface area contributed by atoms with E-state index in [0.29, 0.717) is 18.6 Å². The quantitative estimate of drug-likeness (QED) is 0.532. The van der Waals surface area contributed by atoms with E-state index in [1.807, 2.05) is 0 Å². The van der Waals surface area contributed by atoms with E-state index in [4.69, 9.17) is 5.11 Å². The SMILES string of the molecule is O=S1(=O)CCC12CC(O)C2. The van der Waals surface area contributed by atoms with Crippen LogP contribution < -0.4 is 0 Å². The second-order valence-electron chi connectivity index (χ2n) is 3.31. The fourth-order valence-electron chi connectivity index (χ4n) is 1.81. The van der Waals surface area contributed by atoms with Crippen molar-refractivity contribution in [2.24, 2.45) is 0 Å². The van der Waals surface area contributed by atoms with Crippen LogP contribution in [-0.4, -0.2) is 30.1 Å². The molecular weight excluding hydrogens is 152 g/mol. The minimum absolute atomic E-state index is 0.333. The van der Waals surface area contributed by atoms with Gasteiger partial charge in [0.25, 0.3) is 0 Å². The third kappa shape index (κ3) is 0.563. The second kappa shape index (κ2) is 1.56. The predicted molar refractivity (Wildman–Crippen MR) is 36.4 cm³/mol. The molecule has 1 N–H and O–H groups in total. The van der Waals surface area contributed by atoms with Crippen LogP contribution in [0.3, 0.4) is 0 Å². The van der Waals surface area contributed by atoms with Crippen LogP contribution >= 0.6 is 0 Å². The third-order valence-electron chi connectivity index (χ3n) is 2.70. The summed E-state index contributed by atoms with van der Waals surface area (Å²) in [6, 6.07) is 0. The van der Waals surface area contributed by atoms with Crippen molar-refractivity contribution in [2.75, 3.05) is 5.75 Å². The van der Waals surface area contributed by atoms with Gasteiger partial charge in [-0.1, -0.05) is 0 Å². The average Bonchev–Trinajstić information content (AvgIpc) is 1.78. The number of aliphatic hydroxyl groups is 1. The van der Waals surface area contributed by atoms with Gasteiger partial charge in [-0.3, -0.25) is 0 Å². The fourth-order valence-corrected chi connectivity index (χ4v) is 3.82. The van der Waals surface area contributed by atoms with Crippen molar-refractivity contribution >= 4 is 9.84 Å². The van der Waals surface area contributed by atoms with E-state index in [0.717, 1.165) is 6.42 Å². The number of hydrogen-bond donors (Lipinski definition) is 1. The Morgan fingerprint density at radius 3 is 2.10 bits per heavy atom. The van der Waals surface area contributed by atoms with E-state index in [9.17, 15) is 8.42 Å². The lowest BCUT2D eigenvalue weighted by Gasteiger charge is -2.50. The molecule has 1 spiro atoms. The van der Waals surface area contributed by atoms with Crippen molar-refractivity contribution in [1.29, 1.82) is 0 Å². The molecule has 0 unspecified atom stereocenters. The van der Waals surface area contributed by atoms with Gasteiger partial charge in [-0.2, -0.15) is 0 Å². The third-order valence-corrected chi connectivity index (χ3v) is 5.30. The van der Waals surface area contributed by atoms with Crippen LogP contribution in [0.1, 0.15) is 19.3 Å². The van der Waals surface area contributed by atoms with Gasteiger partial charge in [-0.25, -0.2) is 8.42 Å². The molecule has 2 fully saturated rings. The molecular formula is C6H10O3S. The van der Waals surface area contributed by atoms with E-state index in [1.54, 1.807) is 0 Å². The summed E-state index contributed by atoms with van der Waals surface area (Å²) in [5.41, 5.74) is 0. The zero-order valence-corrected chi connectivity index (χ0v) is 6.39. The van der Waals surface area contributed by atoms with Crippen LogP contribution in [0, 0.1) is 0 Å². The Hall–Kier alpha value is -0.0900. The van der Waals surface area contributed by atoms with Crippen LogP contribution in [0.15, 0.2) is 0 Å². The average molecular weight is 162 g/mol. The van der Waals surface area contributed by atoms with E-state index in [1.165, 1.54) is 0 Å². The monoisotopic (exact) mass is 162 g/mol. The van der Waals surface area contributed by atoms with Gasteiger partial charge in [-0.05, 0) is 19.3 Å². The summed E-state index contributed by atoms with van der Waals surface area (Å²) in [6.45, 7) is 0. The highest BCUT2D eigenvalue weighted by atomic mass is 32.2. The molecule has 0 atom stereocenters. The van der Waals surface area contributed by atoms with Gasteiger partial charge >= 0.3 is 0 Å². The maximum atomic E-state index is 11.1. The van der Waals surface area contributed by atoms with Crippen molar-refractivity contribution in [3.05, 3.63) is 0 Å². The Balaban J connectivity index is 2.22. The molecule has 0 radical (unpaired) electrons. The van der Waals surface area contributed by atoms with Crippen molar-refractivity contribution in [1.82, 2.24) is 0 Å². The minimum Gasteiger partial charge on any atom is -0.393 e. The van der Waals surface area contributed by atoms with Crippen LogP contribution in [0.2, 0.25) is 0 Å². The largest absolute Gasteiger partial charge is 0.393 e. The summed E-state index contributed by atoms with van der Waals surface area (Å²) >= 11 is 0. The molecule has 1 saturated carbocycles. The highest BCUT2D eigenvalue weighted by Crippen LogP contribution is 2.49. The zero-order chi connectivity index (χ0) is 7.41. The molecule has 1 aliphatic heterocycles. The molecule has 4 heteroatoms. The molecule has 0 bridgehead atoms. The van der Waals surface area contributed by atoms with Crippen LogP contribution in [0.4, 0.5) is 0 Å². The topological polar surface area (TPSA) is 54.4 Å². The second-order valence-corrected chi connectivity index (χ2v) is 5.82. The highest BCUT2D eigenvalue weighted by molar-refractivity contribution is 7.94. The first kappa shape index (κ1) is 6.61.